The number of aryl methyl sites for hydroxylation is 2. The number of nitrogens with zero attached hydrogens (tertiary/aromatic N) is 2. The van der Waals surface area contributed by atoms with Gasteiger partial charge in [0.05, 0.1) is 23.8 Å². The number of carbonyl (C=O) groups is 1. The molecule has 2 bridgehead atoms. The van der Waals surface area contributed by atoms with Crippen LogP contribution in [0.25, 0.3) is 0 Å². The highest BCUT2D eigenvalue weighted by molar-refractivity contribution is 5.80. The van der Waals surface area contributed by atoms with Crippen LogP contribution in [0, 0.1) is 19.8 Å². The van der Waals surface area contributed by atoms with Gasteiger partial charge in [-0.25, -0.2) is 0 Å². The second-order valence-corrected chi connectivity index (χ2v) is 6.80. The molecular weight excluding hydrogens is 282 g/mol. The Kier molecular flexibility index (Phi) is 4.23. The molecule has 122 valence electrons. The van der Waals surface area contributed by atoms with Crippen LogP contribution in [-0.2, 0) is 16.1 Å². The average Bonchev–Trinajstić information content (AvgIpc) is 2.91. The van der Waals surface area contributed by atoms with Crippen molar-refractivity contribution in [3.05, 3.63) is 17.0 Å². The lowest BCUT2D eigenvalue weighted by molar-refractivity contribution is -0.128. The van der Waals surface area contributed by atoms with Crippen molar-refractivity contribution in [2.75, 3.05) is 13.1 Å². The summed E-state index contributed by atoms with van der Waals surface area (Å²) in [5.74, 6) is 0.981. The van der Waals surface area contributed by atoms with Crippen molar-refractivity contribution < 1.29 is 14.1 Å². The van der Waals surface area contributed by atoms with E-state index < -0.39 is 0 Å². The normalized spacial score (nSPS) is 28.3. The van der Waals surface area contributed by atoms with Crippen molar-refractivity contribution in [1.82, 2.24) is 15.4 Å². The van der Waals surface area contributed by atoms with E-state index in [4.69, 9.17) is 9.26 Å². The average molecular weight is 307 g/mol. The lowest BCUT2D eigenvalue weighted by atomic mass is 9.99. The van der Waals surface area contributed by atoms with Gasteiger partial charge in [-0.1, -0.05) is 5.16 Å². The van der Waals surface area contributed by atoms with Crippen LogP contribution >= 0.6 is 0 Å². The molecule has 1 aromatic rings. The standard InChI is InChI=1S/C16H25N3O3/c1-9(2)17-16(20)13-5-12-6-19(8-15(13)21-12)7-14-10(3)18-22-11(14)4/h9,12-13,15H,5-8H2,1-4H3,(H,17,20). The van der Waals surface area contributed by atoms with E-state index in [1.165, 1.54) is 0 Å². The maximum absolute atomic E-state index is 12.3. The van der Waals surface area contributed by atoms with Crippen molar-refractivity contribution in [2.45, 2.75) is 58.9 Å². The van der Waals surface area contributed by atoms with E-state index in [-0.39, 0.29) is 30.1 Å². The predicted octanol–water partition coefficient (Wildman–Crippen LogP) is 1.41. The summed E-state index contributed by atoms with van der Waals surface area (Å²) >= 11 is 0. The van der Waals surface area contributed by atoms with E-state index in [1.54, 1.807) is 0 Å². The summed E-state index contributed by atoms with van der Waals surface area (Å²) in [5, 5.41) is 7.03. The number of amides is 1. The van der Waals surface area contributed by atoms with Gasteiger partial charge >= 0.3 is 0 Å². The van der Waals surface area contributed by atoms with Crippen molar-refractivity contribution in [3.63, 3.8) is 0 Å². The zero-order valence-electron chi connectivity index (χ0n) is 13.8. The molecule has 0 aliphatic carbocycles. The zero-order valence-corrected chi connectivity index (χ0v) is 13.8. The van der Waals surface area contributed by atoms with Gasteiger partial charge in [0.15, 0.2) is 0 Å². The largest absolute Gasteiger partial charge is 0.371 e. The zero-order chi connectivity index (χ0) is 15.9. The highest BCUT2D eigenvalue weighted by Crippen LogP contribution is 2.33. The van der Waals surface area contributed by atoms with E-state index in [2.05, 4.69) is 15.4 Å². The number of ether oxygens (including phenoxy) is 1. The first kappa shape index (κ1) is 15.5. The third-order valence-electron chi connectivity index (χ3n) is 4.56. The molecule has 0 aromatic carbocycles. The highest BCUT2D eigenvalue weighted by Gasteiger charge is 2.44. The van der Waals surface area contributed by atoms with E-state index in [1.807, 2.05) is 27.7 Å². The number of hydrogen-bond acceptors (Lipinski definition) is 5. The first-order chi connectivity index (χ1) is 10.4. The van der Waals surface area contributed by atoms with Crippen LogP contribution in [0.15, 0.2) is 4.52 Å². The Labute approximate surface area is 131 Å². The van der Waals surface area contributed by atoms with Gasteiger partial charge in [-0.05, 0) is 34.1 Å². The minimum atomic E-state index is -0.0259. The Balaban J connectivity index is 1.65. The fraction of sp³-hybridized carbons (Fsp3) is 0.750. The molecular formula is C16H25N3O3. The molecule has 3 unspecified atom stereocenters. The number of nitrogens with one attached hydrogen (secondary N) is 1. The molecule has 22 heavy (non-hydrogen) atoms. The Morgan fingerprint density at radius 1 is 1.41 bits per heavy atom. The molecule has 1 N–H and O–H groups in total. The summed E-state index contributed by atoms with van der Waals surface area (Å²) in [6.07, 6.45) is 0.974. The first-order valence-corrected chi connectivity index (χ1v) is 8.04. The van der Waals surface area contributed by atoms with Gasteiger partial charge in [0.1, 0.15) is 5.76 Å². The van der Waals surface area contributed by atoms with Gasteiger partial charge in [-0.15, -0.1) is 0 Å². The van der Waals surface area contributed by atoms with E-state index >= 15 is 0 Å². The molecule has 1 amide bonds. The molecule has 1 aromatic heterocycles. The molecule has 3 atom stereocenters. The summed E-state index contributed by atoms with van der Waals surface area (Å²) < 4.78 is 11.2. The van der Waals surface area contributed by atoms with Crippen molar-refractivity contribution in [2.24, 2.45) is 5.92 Å². The third-order valence-corrected chi connectivity index (χ3v) is 4.56. The number of carbonyl (C=O) groups excluding carboxylic acids is 1. The highest BCUT2D eigenvalue weighted by atomic mass is 16.5. The monoisotopic (exact) mass is 307 g/mol. The maximum Gasteiger partial charge on any atom is 0.226 e. The van der Waals surface area contributed by atoms with Gasteiger partial charge < -0.3 is 14.6 Å². The summed E-state index contributed by atoms with van der Waals surface area (Å²) in [6.45, 7) is 10.4. The molecule has 2 aliphatic heterocycles. The minimum absolute atomic E-state index is 0.00188. The summed E-state index contributed by atoms with van der Waals surface area (Å²) in [5.41, 5.74) is 2.11. The van der Waals surface area contributed by atoms with Gasteiger partial charge in [0.25, 0.3) is 0 Å². The molecule has 3 heterocycles. The molecule has 3 rings (SSSR count). The second kappa shape index (κ2) is 6.01. The molecule has 6 nitrogen and oxygen atoms in total. The number of aromatic nitrogens is 1. The summed E-state index contributed by atoms with van der Waals surface area (Å²) in [7, 11) is 0. The topological polar surface area (TPSA) is 67.6 Å². The van der Waals surface area contributed by atoms with Gasteiger partial charge in [-0.3, -0.25) is 9.69 Å². The Morgan fingerprint density at radius 3 is 2.82 bits per heavy atom. The lowest BCUT2D eigenvalue weighted by Gasteiger charge is -2.32. The lowest BCUT2D eigenvalue weighted by Crippen LogP contribution is -2.45. The third kappa shape index (κ3) is 3.03. The smallest absolute Gasteiger partial charge is 0.226 e. The minimum Gasteiger partial charge on any atom is -0.371 e. The molecule has 0 radical (unpaired) electrons. The summed E-state index contributed by atoms with van der Waals surface area (Å²) in [4.78, 5) is 14.7. The van der Waals surface area contributed by atoms with Crippen LogP contribution in [0.3, 0.4) is 0 Å². The summed E-state index contributed by atoms with van der Waals surface area (Å²) in [6, 6.07) is 0.173. The molecule has 6 heteroatoms. The van der Waals surface area contributed by atoms with Gasteiger partial charge in [-0.2, -0.15) is 0 Å². The predicted molar refractivity (Wildman–Crippen MR) is 81.3 cm³/mol. The van der Waals surface area contributed by atoms with E-state index in [0.29, 0.717) is 0 Å². The molecule has 0 spiro atoms. The number of rotatable bonds is 4. The van der Waals surface area contributed by atoms with Crippen molar-refractivity contribution >= 4 is 5.91 Å². The second-order valence-electron chi connectivity index (χ2n) is 6.80. The maximum atomic E-state index is 12.3. The van der Waals surface area contributed by atoms with Gasteiger partial charge in [0, 0.05) is 31.2 Å². The molecule has 2 aliphatic rings. The van der Waals surface area contributed by atoms with Crippen LogP contribution in [0.2, 0.25) is 0 Å². The van der Waals surface area contributed by atoms with Crippen LogP contribution < -0.4 is 5.32 Å². The number of likely N-dealkylation sites (tertiary alicyclic amines) is 1. The van der Waals surface area contributed by atoms with Gasteiger partial charge in [0.2, 0.25) is 5.91 Å². The Bertz CT molecular complexity index is 535. The Hall–Kier alpha value is -1.40. The van der Waals surface area contributed by atoms with Crippen LogP contribution in [0.5, 0.6) is 0 Å². The van der Waals surface area contributed by atoms with E-state index in [0.717, 1.165) is 43.1 Å². The first-order valence-electron chi connectivity index (χ1n) is 8.04. The Morgan fingerprint density at radius 2 is 2.18 bits per heavy atom. The fourth-order valence-electron chi connectivity index (χ4n) is 3.49. The van der Waals surface area contributed by atoms with Crippen LogP contribution in [0.1, 0.15) is 37.3 Å². The molecule has 2 saturated heterocycles. The number of fused-ring (bicyclic) bond motifs is 2. The number of hydrogen-bond donors (Lipinski definition) is 1. The number of morpholine rings is 1. The van der Waals surface area contributed by atoms with Crippen molar-refractivity contribution in [1.29, 1.82) is 0 Å². The molecule has 0 saturated carbocycles. The van der Waals surface area contributed by atoms with Crippen LogP contribution in [-0.4, -0.2) is 47.3 Å². The molecule has 2 fully saturated rings. The SMILES string of the molecule is Cc1noc(C)c1CN1CC2CC(C(=O)NC(C)C)C(C1)O2. The fourth-order valence-corrected chi connectivity index (χ4v) is 3.49. The van der Waals surface area contributed by atoms with Crippen LogP contribution in [0.4, 0.5) is 0 Å². The quantitative estimate of drug-likeness (QED) is 0.911. The van der Waals surface area contributed by atoms with Crippen molar-refractivity contribution in [3.8, 4) is 0 Å². The van der Waals surface area contributed by atoms with E-state index in [9.17, 15) is 4.79 Å².